The van der Waals surface area contributed by atoms with Crippen LogP contribution < -0.4 is 4.90 Å². The topological polar surface area (TPSA) is 105 Å². The zero-order chi connectivity index (χ0) is 29.8. The van der Waals surface area contributed by atoms with Gasteiger partial charge in [-0.3, -0.25) is 4.79 Å². The Hall–Kier alpha value is -3.81. The summed E-state index contributed by atoms with van der Waals surface area (Å²) in [7, 11) is 0. The third-order valence-electron chi connectivity index (χ3n) is 7.36. The van der Waals surface area contributed by atoms with Gasteiger partial charge in [-0.2, -0.15) is 0 Å². The maximum atomic E-state index is 12.7. The minimum absolute atomic E-state index is 0.0220. The Morgan fingerprint density at radius 1 is 0.805 bits per heavy atom. The van der Waals surface area contributed by atoms with Gasteiger partial charge in [0, 0.05) is 31.2 Å². The maximum Gasteiger partial charge on any atom is 0.414 e. The van der Waals surface area contributed by atoms with Crippen LogP contribution in [0.4, 0.5) is 0 Å². The summed E-state index contributed by atoms with van der Waals surface area (Å²) in [5.41, 5.74) is 4.64. The van der Waals surface area contributed by atoms with Gasteiger partial charge in [-0.25, -0.2) is 9.59 Å². The number of benzene rings is 3. The summed E-state index contributed by atoms with van der Waals surface area (Å²) in [6.07, 6.45) is 3.94. The van der Waals surface area contributed by atoms with Crippen molar-refractivity contribution in [2.75, 3.05) is 19.6 Å². The highest BCUT2D eigenvalue weighted by Crippen LogP contribution is 2.29. The molecule has 1 aliphatic rings. The van der Waals surface area contributed by atoms with Gasteiger partial charge in [-0.15, -0.1) is 0 Å². The summed E-state index contributed by atoms with van der Waals surface area (Å²) in [6.45, 7) is 9.86. The van der Waals surface area contributed by atoms with Crippen LogP contribution in [-0.4, -0.2) is 53.7 Å². The van der Waals surface area contributed by atoms with Crippen LogP contribution in [0.2, 0.25) is 0 Å². The van der Waals surface area contributed by atoms with E-state index in [1.807, 2.05) is 12.1 Å². The highest BCUT2D eigenvalue weighted by atomic mass is 16.5. The normalized spacial score (nSPS) is 16.9. The summed E-state index contributed by atoms with van der Waals surface area (Å²) >= 11 is 0. The lowest BCUT2D eigenvalue weighted by atomic mass is 9.86. The lowest BCUT2D eigenvalue weighted by Crippen LogP contribution is -3.13. The van der Waals surface area contributed by atoms with Gasteiger partial charge in [0.1, 0.15) is 6.10 Å². The van der Waals surface area contributed by atoms with Crippen molar-refractivity contribution in [3.63, 3.8) is 0 Å². The van der Waals surface area contributed by atoms with Crippen molar-refractivity contribution in [1.29, 1.82) is 0 Å². The molecule has 0 saturated carbocycles. The van der Waals surface area contributed by atoms with Crippen LogP contribution in [-0.2, 0) is 19.7 Å². The SMILES string of the molecule is CC(C)(C)c1ccc(C(=O)CCC[NH+]2CCC(OC(c3ccccc3)c3ccccc3)CC2)cc1.O=C(O)C(=O)O. The molecule has 0 amide bonds. The smallest absolute Gasteiger partial charge is 0.414 e. The molecule has 1 saturated heterocycles. The summed E-state index contributed by atoms with van der Waals surface area (Å²) in [5, 5.41) is 14.8. The average molecular weight is 561 g/mol. The van der Waals surface area contributed by atoms with Gasteiger partial charge in [-0.1, -0.05) is 106 Å². The molecule has 218 valence electrons. The number of hydrogen-bond acceptors (Lipinski definition) is 4. The molecule has 1 heterocycles. The minimum atomic E-state index is -1.82. The molecule has 0 atom stereocenters. The van der Waals surface area contributed by atoms with E-state index in [0.29, 0.717) is 6.42 Å². The number of ketones is 1. The van der Waals surface area contributed by atoms with Crippen molar-refractivity contribution in [2.24, 2.45) is 0 Å². The maximum absolute atomic E-state index is 12.7. The average Bonchev–Trinajstić information content (AvgIpc) is 2.97. The number of rotatable bonds is 9. The first kappa shape index (κ1) is 31.7. The number of aliphatic carboxylic acids is 2. The van der Waals surface area contributed by atoms with Crippen LogP contribution >= 0.6 is 0 Å². The van der Waals surface area contributed by atoms with Gasteiger partial charge in [0.2, 0.25) is 0 Å². The zero-order valence-corrected chi connectivity index (χ0v) is 24.2. The molecule has 0 aliphatic carbocycles. The van der Waals surface area contributed by atoms with E-state index in [1.165, 1.54) is 16.7 Å². The van der Waals surface area contributed by atoms with Crippen LogP contribution in [0.15, 0.2) is 84.9 Å². The number of piperidine rings is 1. The molecule has 0 radical (unpaired) electrons. The Labute approximate surface area is 242 Å². The molecule has 1 fully saturated rings. The van der Waals surface area contributed by atoms with E-state index in [1.54, 1.807) is 4.90 Å². The fourth-order valence-electron chi connectivity index (χ4n) is 4.98. The van der Waals surface area contributed by atoms with E-state index in [0.717, 1.165) is 44.5 Å². The fourth-order valence-corrected chi connectivity index (χ4v) is 4.98. The molecule has 0 unspecified atom stereocenters. The lowest BCUT2D eigenvalue weighted by Gasteiger charge is -2.32. The van der Waals surface area contributed by atoms with E-state index >= 15 is 0 Å². The van der Waals surface area contributed by atoms with Gasteiger partial charge in [0.25, 0.3) is 0 Å². The second-order valence-corrected chi connectivity index (χ2v) is 11.5. The zero-order valence-electron chi connectivity index (χ0n) is 24.2. The molecule has 7 heteroatoms. The summed E-state index contributed by atoms with van der Waals surface area (Å²) < 4.78 is 6.68. The Kier molecular flexibility index (Phi) is 11.8. The van der Waals surface area contributed by atoms with E-state index in [2.05, 4.69) is 93.6 Å². The molecule has 3 aromatic rings. The van der Waals surface area contributed by atoms with E-state index in [4.69, 9.17) is 24.5 Å². The van der Waals surface area contributed by atoms with Gasteiger partial charge in [-0.05, 0) is 22.1 Å². The fraction of sp³-hybridized carbons (Fsp3) is 0.382. The van der Waals surface area contributed by atoms with Crippen LogP contribution in [0.5, 0.6) is 0 Å². The van der Waals surface area contributed by atoms with Crippen LogP contribution in [0.25, 0.3) is 0 Å². The first-order valence-electron chi connectivity index (χ1n) is 14.2. The van der Waals surface area contributed by atoms with Crippen molar-refractivity contribution in [3.05, 3.63) is 107 Å². The number of carboxylic acids is 2. The Morgan fingerprint density at radius 3 is 1.73 bits per heavy atom. The van der Waals surface area contributed by atoms with Crippen molar-refractivity contribution in [2.45, 2.75) is 64.1 Å². The first-order valence-corrected chi connectivity index (χ1v) is 14.2. The minimum Gasteiger partial charge on any atom is -0.473 e. The van der Waals surface area contributed by atoms with Crippen molar-refractivity contribution in [1.82, 2.24) is 0 Å². The summed E-state index contributed by atoms with van der Waals surface area (Å²) in [5.74, 6) is -3.39. The molecule has 3 N–H and O–H groups in total. The van der Waals surface area contributed by atoms with E-state index < -0.39 is 11.9 Å². The number of ether oxygens (including phenoxy) is 1. The molecule has 41 heavy (non-hydrogen) atoms. The molecule has 0 bridgehead atoms. The predicted octanol–water partition coefficient (Wildman–Crippen LogP) is 4.96. The second kappa shape index (κ2) is 15.3. The van der Waals surface area contributed by atoms with Crippen molar-refractivity contribution in [3.8, 4) is 0 Å². The van der Waals surface area contributed by atoms with Crippen molar-refractivity contribution < 1.29 is 34.2 Å². The first-order chi connectivity index (χ1) is 19.5. The Morgan fingerprint density at radius 2 is 1.29 bits per heavy atom. The second-order valence-electron chi connectivity index (χ2n) is 11.5. The summed E-state index contributed by atoms with van der Waals surface area (Å²) in [6, 6.07) is 29.3. The van der Waals surface area contributed by atoms with Crippen LogP contribution in [0.3, 0.4) is 0 Å². The monoisotopic (exact) mass is 560 g/mol. The number of quaternary nitrogens is 1. The highest BCUT2D eigenvalue weighted by molar-refractivity contribution is 6.27. The van der Waals surface area contributed by atoms with Gasteiger partial charge < -0.3 is 19.8 Å². The molecule has 0 spiro atoms. The van der Waals surface area contributed by atoms with Crippen LogP contribution in [0.1, 0.15) is 79.6 Å². The van der Waals surface area contributed by atoms with Gasteiger partial charge in [0.15, 0.2) is 5.78 Å². The van der Waals surface area contributed by atoms with Crippen molar-refractivity contribution >= 4 is 17.7 Å². The largest absolute Gasteiger partial charge is 0.473 e. The number of Topliss-reactive ketones (excluding diaryl/α,β-unsaturated/α-hetero) is 1. The number of likely N-dealkylation sites (tertiary alicyclic amines) is 1. The molecule has 7 nitrogen and oxygen atoms in total. The molecule has 0 aromatic heterocycles. The number of hydrogen-bond donors (Lipinski definition) is 3. The lowest BCUT2D eigenvalue weighted by molar-refractivity contribution is -0.906. The number of carbonyl (C=O) groups excluding carboxylic acids is 1. The van der Waals surface area contributed by atoms with Gasteiger partial charge in [0.05, 0.1) is 25.7 Å². The number of carbonyl (C=O) groups is 3. The Balaban J connectivity index is 0.000000696. The third-order valence-corrected chi connectivity index (χ3v) is 7.36. The number of nitrogens with one attached hydrogen (secondary N) is 1. The predicted molar refractivity (Wildman–Crippen MR) is 158 cm³/mol. The standard InChI is InChI=1S/C32H39NO2.C2H2O4/c1-32(2,3)28-18-16-25(17-19-28)30(34)15-10-22-33-23-20-29(21-24-33)35-31(26-11-6-4-7-12-26)27-13-8-5-9-14-27;3-1(4)2(5)6/h4-9,11-14,16-19,29,31H,10,15,20-24H2,1-3H3;(H,3,4)(H,5,6)/p+1. The molecular formula is C34H42NO6+. The number of carboxylic acid groups (broad SMARTS) is 2. The molecule has 1 aliphatic heterocycles. The van der Waals surface area contributed by atoms with Gasteiger partial charge >= 0.3 is 11.9 Å². The highest BCUT2D eigenvalue weighted by Gasteiger charge is 2.26. The molecule has 4 rings (SSSR count). The van der Waals surface area contributed by atoms with E-state index in [-0.39, 0.29) is 23.4 Å². The third kappa shape index (κ3) is 10.3. The van der Waals surface area contributed by atoms with E-state index in [9.17, 15) is 4.79 Å². The quantitative estimate of drug-likeness (QED) is 0.253. The Bertz CT molecular complexity index is 1190. The molecule has 3 aromatic carbocycles. The summed E-state index contributed by atoms with van der Waals surface area (Å²) in [4.78, 5) is 32.5. The molecular weight excluding hydrogens is 518 g/mol. The van der Waals surface area contributed by atoms with Crippen LogP contribution in [0, 0.1) is 0 Å².